The summed E-state index contributed by atoms with van der Waals surface area (Å²) in [5, 5.41) is 1.37. The second kappa shape index (κ2) is 7.41. The molecule has 0 saturated heterocycles. The second-order valence-corrected chi connectivity index (χ2v) is 5.25. The lowest BCUT2D eigenvalue weighted by Gasteiger charge is -2.27. The maximum atomic E-state index is 13.2. The van der Waals surface area contributed by atoms with E-state index in [1.807, 2.05) is 0 Å². The second-order valence-electron chi connectivity index (χ2n) is 5.25. The third-order valence-electron chi connectivity index (χ3n) is 3.25. The van der Waals surface area contributed by atoms with Crippen molar-refractivity contribution >= 4 is 5.91 Å². The van der Waals surface area contributed by atoms with Gasteiger partial charge in [-0.25, -0.2) is 4.98 Å². The molecule has 0 spiro atoms. The molecular formula is C16H11F7N2O2. The van der Waals surface area contributed by atoms with Crippen LogP contribution in [0.25, 0.3) is 0 Å². The molecule has 0 unspecified atom stereocenters. The Bertz CT molecular complexity index is 795. The number of nitrogens with one attached hydrogen (secondary N) is 1. The summed E-state index contributed by atoms with van der Waals surface area (Å²) in [6.45, 7) is -0.720. The van der Waals surface area contributed by atoms with Crippen LogP contribution >= 0.6 is 0 Å². The zero-order valence-corrected chi connectivity index (χ0v) is 13.2. The van der Waals surface area contributed by atoms with Crippen molar-refractivity contribution in [2.45, 2.75) is 24.6 Å². The van der Waals surface area contributed by atoms with Gasteiger partial charge in [0.1, 0.15) is 5.75 Å². The number of nitrogens with zero attached hydrogens (tertiary/aromatic N) is 1. The minimum atomic E-state index is -6.58. The van der Waals surface area contributed by atoms with Gasteiger partial charge >= 0.3 is 18.0 Å². The van der Waals surface area contributed by atoms with Crippen molar-refractivity contribution in [2.24, 2.45) is 0 Å². The van der Waals surface area contributed by atoms with E-state index < -0.39 is 30.5 Å². The lowest BCUT2D eigenvalue weighted by atomic mass is 10.1. The Balaban J connectivity index is 2.06. The molecular weight excluding hydrogens is 385 g/mol. The van der Waals surface area contributed by atoms with Crippen LogP contribution in [0.15, 0.2) is 48.7 Å². The Hall–Kier alpha value is -2.85. The summed E-state index contributed by atoms with van der Waals surface area (Å²) in [7, 11) is 0. The predicted molar refractivity (Wildman–Crippen MR) is 78.5 cm³/mol. The van der Waals surface area contributed by atoms with Crippen molar-refractivity contribution in [3.63, 3.8) is 0 Å². The van der Waals surface area contributed by atoms with Crippen molar-refractivity contribution in [3.8, 4) is 11.6 Å². The summed E-state index contributed by atoms with van der Waals surface area (Å²) < 4.78 is 93.7. The van der Waals surface area contributed by atoms with Crippen LogP contribution in [-0.4, -0.2) is 28.9 Å². The third kappa shape index (κ3) is 4.47. The Labute approximate surface area is 148 Å². The summed E-state index contributed by atoms with van der Waals surface area (Å²) >= 11 is 0. The molecule has 0 aliphatic carbocycles. The number of rotatable bonds is 6. The van der Waals surface area contributed by atoms with Gasteiger partial charge in [0.2, 0.25) is 5.88 Å². The standard InChI is InChI=1S/C16H11F7N2O2/c17-14(18,15(19,20)16(21,22)23)13(26)25-9-10-4-3-5-11(8-10)27-12-6-1-2-7-24-12/h1-8H,9H2,(H,25,26). The van der Waals surface area contributed by atoms with Crippen LogP contribution in [0.1, 0.15) is 5.56 Å². The maximum Gasteiger partial charge on any atom is 0.460 e. The van der Waals surface area contributed by atoms with E-state index in [9.17, 15) is 35.5 Å². The Morgan fingerprint density at radius 2 is 1.70 bits per heavy atom. The summed E-state index contributed by atoms with van der Waals surface area (Å²) in [6.07, 6.45) is -5.13. The van der Waals surface area contributed by atoms with E-state index in [1.54, 1.807) is 12.1 Å². The molecule has 0 saturated carbocycles. The number of carbonyl (C=O) groups excluding carboxylic acids is 1. The third-order valence-corrected chi connectivity index (χ3v) is 3.25. The van der Waals surface area contributed by atoms with Gasteiger partial charge in [-0.2, -0.15) is 30.7 Å². The highest BCUT2D eigenvalue weighted by Gasteiger charge is 2.76. The lowest BCUT2D eigenvalue weighted by Crippen LogP contribution is -2.59. The van der Waals surface area contributed by atoms with E-state index in [1.165, 1.54) is 41.8 Å². The van der Waals surface area contributed by atoms with E-state index in [-0.39, 0.29) is 17.2 Å². The largest absolute Gasteiger partial charge is 0.460 e. The molecule has 1 aromatic heterocycles. The monoisotopic (exact) mass is 396 g/mol. The fraction of sp³-hybridized carbons (Fsp3) is 0.250. The van der Waals surface area contributed by atoms with E-state index in [2.05, 4.69) is 4.98 Å². The Kier molecular flexibility index (Phi) is 5.62. The number of benzene rings is 1. The molecule has 146 valence electrons. The molecule has 0 bridgehead atoms. The number of halogens is 7. The Morgan fingerprint density at radius 3 is 2.30 bits per heavy atom. The summed E-state index contributed by atoms with van der Waals surface area (Å²) in [5.41, 5.74) is 0.128. The molecule has 2 aromatic rings. The van der Waals surface area contributed by atoms with E-state index in [0.717, 1.165) is 0 Å². The van der Waals surface area contributed by atoms with Gasteiger partial charge < -0.3 is 10.1 Å². The average molecular weight is 396 g/mol. The topological polar surface area (TPSA) is 51.2 Å². The number of hydrogen-bond acceptors (Lipinski definition) is 3. The van der Waals surface area contributed by atoms with Gasteiger partial charge in [0.25, 0.3) is 5.91 Å². The quantitative estimate of drug-likeness (QED) is 0.740. The predicted octanol–water partition coefficient (Wildman–Crippen LogP) is 4.32. The first-order valence-corrected chi connectivity index (χ1v) is 7.23. The summed E-state index contributed by atoms with van der Waals surface area (Å²) in [5.74, 6) is -14.8. The van der Waals surface area contributed by atoms with Crippen LogP contribution in [0.4, 0.5) is 30.7 Å². The molecule has 27 heavy (non-hydrogen) atoms. The number of carbonyl (C=O) groups is 1. The number of pyridine rings is 1. The van der Waals surface area contributed by atoms with Gasteiger partial charge in [-0.1, -0.05) is 18.2 Å². The first kappa shape index (κ1) is 20.5. The smallest absolute Gasteiger partial charge is 0.439 e. The van der Waals surface area contributed by atoms with Crippen LogP contribution in [0.2, 0.25) is 0 Å². The van der Waals surface area contributed by atoms with Gasteiger partial charge in [0, 0.05) is 18.8 Å². The number of alkyl halides is 7. The van der Waals surface area contributed by atoms with Crippen molar-refractivity contribution in [3.05, 3.63) is 54.2 Å². The van der Waals surface area contributed by atoms with Crippen LogP contribution in [0, 0.1) is 0 Å². The highest BCUT2D eigenvalue weighted by atomic mass is 19.4. The fourth-order valence-electron chi connectivity index (χ4n) is 1.86. The Morgan fingerprint density at radius 1 is 1.00 bits per heavy atom. The van der Waals surface area contributed by atoms with E-state index in [4.69, 9.17) is 4.74 Å². The molecule has 1 heterocycles. The van der Waals surface area contributed by atoms with E-state index >= 15 is 0 Å². The van der Waals surface area contributed by atoms with Crippen LogP contribution in [-0.2, 0) is 11.3 Å². The first-order valence-electron chi connectivity index (χ1n) is 7.23. The molecule has 1 aromatic carbocycles. The van der Waals surface area contributed by atoms with Gasteiger partial charge in [-0.15, -0.1) is 0 Å². The summed E-state index contributed by atoms with van der Waals surface area (Å²) in [6, 6.07) is 10.3. The van der Waals surface area contributed by atoms with Crippen LogP contribution in [0.3, 0.4) is 0 Å². The molecule has 0 fully saturated rings. The maximum absolute atomic E-state index is 13.2. The molecule has 0 radical (unpaired) electrons. The van der Waals surface area contributed by atoms with Crippen molar-refractivity contribution in [1.82, 2.24) is 10.3 Å². The zero-order valence-electron chi connectivity index (χ0n) is 13.2. The number of amides is 1. The first-order chi connectivity index (χ1) is 12.4. The molecule has 4 nitrogen and oxygen atoms in total. The highest BCUT2D eigenvalue weighted by molar-refractivity contribution is 5.84. The minimum absolute atomic E-state index is 0.128. The molecule has 11 heteroatoms. The molecule has 0 aliphatic rings. The normalized spacial score (nSPS) is 12.6. The minimum Gasteiger partial charge on any atom is -0.439 e. The van der Waals surface area contributed by atoms with Crippen LogP contribution < -0.4 is 10.1 Å². The molecule has 0 atom stereocenters. The average Bonchev–Trinajstić information content (AvgIpc) is 2.59. The number of ether oxygens (including phenoxy) is 1. The zero-order chi connectivity index (χ0) is 20.3. The van der Waals surface area contributed by atoms with Crippen LogP contribution in [0.5, 0.6) is 11.6 Å². The van der Waals surface area contributed by atoms with Crippen molar-refractivity contribution in [1.29, 1.82) is 0 Å². The fourth-order valence-corrected chi connectivity index (χ4v) is 1.86. The highest BCUT2D eigenvalue weighted by Crippen LogP contribution is 2.46. The molecule has 0 aliphatic heterocycles. The van der Waals surface area contributed by atoms with Gasteiger partial charge in [0.15, 0.2) is 0 Å². The number of hydrogen-bond donors (Lipinski definition) is 1. The number of aromatic nitrogens is 1. The SMILES string of the molecule is O=C(NCc1cccc(Oc2ccccn2)c1)C(F)(F)C(F)(F)C(F)(F)F. The molecule has 2 rings (SSSR count). The lowest BCUT2D eigenvalue weighted by molar-refractivity contribution is -0.344. The van der Waals surface area contributed by atoms with Gasteiger partial charge in [-0.3, -0.25) is 4.79 Å². The van der Waals surface area contributed by atoms with E-state index in [0.29, 0.717) is 0 Å². The molecule has 1 amide bonds. The van der Waals surface area contributed by atoms with Gasteiger partial charge in [0.05, 0.1) is 0 Å². The van der Waals surface area contributed by atoms with Gasteiger partial charge in [-0.05, 0) is 23.8 Å². The summed E-state index contributed by atoms with van der Waals surface area (Å²) in [4.78, 5) is 15.1. The van der Waals surface area contributed by atoms with Crippen molar-refractivity contribution in [2.75, 3.05) is 0 Å². The van der Waals surface area contributed by atoms with Crippen molar-refractivity contribution < 1.29 is 40.3 Å². The molecule has 1 N–H and O–H groups in total.